The summed E-state index contributed by atoms with van der Waals surface area (Å²) in [4.78, 5) is 20.6. The number of hydrogen-bond donors (Lipinski definition) is 3. The zero-order valence-corrected chi connectivity index (χ0v) is 9.67. The number of rotatable bonds is 3. The van der Waals surface area contributed by atoms with Crippen LogP contribution in [-0.4, -0.2) is 51.1 Å². The Kier molecular flexibility index (Phi) is 3.75. The average Bonchev–Trinajstić information content (AvgIpc) is 2.82. The Morgan fingerprint density at radius 1 is 1.65 bits per heavy atom. The van der Waals surface area contributed by atoms with Gasteiger partial charge < -0.3 is 20.7 Å². The molecule has 0 aliphatic carbocycles. The molecule has 1 aliphatic heterocycles. The SMILES string of the molecule is N[C@@H](Cc1cnc[nH]1)C(=O)N1CCC(O)CC1. The molecular weight excluding hydrogens is 220 g/mol. The molecule has 1 atom stereocenters. The van der Waals surface area contributed by atoms with Gasteiger partial charge in [-0.15, -0.1) is 0 Å². The van der Waals surface area contributed by atoms with Crippen molar-refractivity contribution in [3.63, 3.8) is 0 Å². The Balaban J connectivity index is 1.86. The lowest BCUT2D eigenvalue weighted by molar-refractivity contribution is -0.134. The van der Waals surface area contributed by atoms with Crippen LogP contribution in [0.3, 0.4) is 0 Å². The number of aromatic nitrogens is 2. The standard InChI is InChI=1S/C11H18N4O2/c12-10(5-8-6-13-7-14-8)11(17)15-3-1-9(16)2-4-15/h6-7,9-10,16H,1-5,12H2,(H,13,14)/t10-/m0/s1. The van der Waals surface area contributed by atoms with Crippen molar-refractivity contribution >= 4 is 5.91 Å². The summed E-state index contributed by atoms with van der Waals surface area (Å²) >= 11 is 0. The molecule has 94 valence electrons. The molecule has 0 spiro atoms. The predicted octanol–water partition coefficient (Wildman–Crippen LogP) is -0.737. The van der Waals surface area contributed by atoms with E-state index < -0.39 is 6.04 Å². The minimum absolute atomic E-state index is 0.0495. The second-order valence-electron chi connectivity index (χ2n) is 4.44. The van der Waals surface area contributed by atoms with Gasteiger partial charge in [0, 0.05) is 31.4 Å². The number of H-pyrrole nitrogens is 1. The molecule has 0 bridgehead atoms. The van der Waals surface area contributed by atoms with Gasteiger partial charge in [0.05, 0.1) is 18.5 Å². The molecule has 1 saturated heterocycles. The van der Waals surface area contributed by atoms with Gasteiger partial charge in [0.2, 0.25) is 5.91 Å². The van der Waals surface area contributed by atoms with E-state index in [0.717, 1.165) is 5.69 Å². The molecule has 0 aromatic carbocycles. The molecule has 0 unspecified atom stereocenters. The summed E-state index contributed by atoms with van der Waals surface area (Å²) in [7, 11) is 0. The van der Waals surface area contributed by atoms with Crippen LogP contribution in [0, 0.1) is 0 Å². The van der Waals surface area contributed by atoms with Crippen LogP contribution in [0.25, 0.3) is 0 Å². The number of nitrogens with two attached hydrogens (primary N) is 1. The van der Waals surface area contributed by atoms with E-state index in [9.17, 15) is 9.90 Å². The lowest BCUT2D eigenvalue weighted by Crippen LogP contribution is -2.48. The first kappa shape index (κ1) is 12.1. The molecule has 1 aromatic rings. The molecule has 0 saturated carbocycles. The van der Waals surface area contributed by atoms with Crippen LogP contribution in [0.15, 0.2) is 12.5 Å². The largest absolute Gasteiger partial charge is 0.393 e. The van der Waals surface area contributed by atoms with Crippen LogP contribution < -0.4 is 5.73 Å². The van der Waals surface area contributed by atoms with E-state index in [1.54, 1.807) is 17.4 Å². The summed E-state index contributed by atoms with van der Waals surface area (Å²) in [5.41, 5.74) is 6.74. The molecule has 2 heterocycles. The van der Waals surface area contributed by atoms with Crippen molar-refractivity contribution in [1.29, 1.82) is 0 Å². The lowest BCUT2D eigenvalue weighted by Gasteiger charge is -2.31. The zero-order valence-electron chi connectivity index (χ0n) is 9.67. The van der Waals surface area contributed by atoms with Gasteiger partial charge in [-0.3, -0.25) is 4.79 Å². The van der Waals surface area contributed by atoms with E-state index in [-0.39, 0.29) is 12.0 Å². The molecule has 1 fully saturated rings. The highest BCUT2D eigenvalue weighted by Gasteiger charge is 2.25. The number of carbonyl (C=O) groups excluding carboxylic acids is 1. The van der Waals surface area contributed by atoms with E-state index >= 15 is 0 Å². The molecule has 17 heavy (non-hydrogen) atoms. The van der Waals surface area contributed by atoms with Crippen LogP contribution in [-0.2, 0) is 11.2 Å². The van der Waals surface area contributed by atoms with Crippen LogP contribution in [0.2, 0.25) is 0 Å². The third-order valence-electron chi connectivity index (χ3n) is 3.09. The second kappa shape index (κ2) is 5.29. The van der Waals surface area contributed by atoms with Gasteiger partial charge in [-0.1, -0.05) is 0 Å². The predicted molar refractivity (Wildman–Crippen MR) is 62.1 cm³/mol. The number of hydrogen-bond acceptors (Lipinski definition) is 4. The molecule has 1 aromatic heterocycles. The van der Waals surface area contributed by atoms with E-state index in [1.807, 2.05) is 0 Å². The first-order valence-corrected chi connectivity index (χ1v) is 5.86. The monoisotopic (exact) mass is 238 g/mol. The van der Waals surface area contributed by atoms with E-state index in [4.69, 9.17) is 5.73 Å². The maximum Gasteiger partial charge on any atom is 0.239 e. The molecule has 4 N–H and O–H groups in total. The number of nitrogens with one attached hydrogen (secondary N) is 1. The van der Waals surface area contributed by atoms with E-state index in [0.29, 0.717) is 32.4 Å². The van der Waals surface area contributed by atoms with Crippen molar-refractivity contribution in [2.24, 2.45) is 5.73 Å². The Labute approximate surface area is 99.8 Å². The van der Waals surface area contributed by atoms with Crippen molar-refractivity contribution in [2.45, 2.75) is 31.4 Å². The van der Waals surface area contributed by atoms with Gasteiger partial charge in [0.1, 0.15) is 0 Å². The highest BCUT2D eigenvalue weighted by atomic mass is 16.3. The summed E-state index contributed by atoms with van der Waals surface area (Å²) < 4.78 is 0. The van der Waals surface area contributed by atoms with Crippen molar-refractivity contribution in [3.05, 3.63) is 18.2 Å². The Morgan fingerprint density at radius 3 is 2.94 bits per heavy atom. The van der Waals surface area contributed by atoms with E-state index in [1.165, 1.54) is 0 Å². The summed E-state index contributed by atoms with van der Waals surface area (Å²) in [6, 6.07) is -0.536. The van der Waals surface area contributed by atoms with Crippen LogP contribution >= 0.6 is 0 Å². The van der Waals surface area contributed by atoms with Crippen molar-refractivity contribution in [3.8, 4) is 0 Å². The summed E-state index contributed by atoms with van der Waals surface area (Å²) in [6.07, 6.45) is 4.72. The number of aliphatic hydroxyl groups excluding tert-OH is 1. The molecule has 6 nitrogen and oxygen atoms in total. The Hall–Kier alpha value is -1.40. The van der Waals surface area contributed by atoms with Crippen LogP contribution in [0.1, 0.15) is 18.5 Å². The number of imidazole rings is 1. The van der Waals surface area contributed by atoms with Gasteiger partial charge in [-0.2, -0.15) is 0 Å². The number of piperidine rings is 1. The number of amides is 1. The topological polar surface area (TPSA) is 95.2 Å². The van der Waals surface area contributed by atoms with E-state index in [2.05, 4.69) is 9.97 Å². The number of aromatic amines is 1. The molecular formula is C11H18N4O2. The number of carbonyl (C=O) groups is 1. The first-order valence-electron chi connectivity index (χ1n) is 5.86. The van der Waals surface area contributed by atoms with Crippen LogP contribution in [0.5, 0.6) is 0 Å². The third kappa shape index (κ3) is 3.04. The Bertz CT molecular complexity index is 358. The number of aliphatic hydroxyl groups is 1. The van der Waals surface area contributed by atoms with Crippen molar-refractivity contribution in [2.75, 3.05) is 13.1 Å². The molecule has 0 radical (unpaired) electrons. The normalized spacial score (nSPS) is 19.3. The minimum Gasteiger partial charge on any atom is -0.393 e. The third-order valence-corrected chi connectivity index (χ3v) is 3.09. The van der Waals surface area contributed by atoms with Crippen molar-refractivity contribution in [1.82, 2.24) is 14.9 Å². The summed E-state index contributed by atoms with van der Waals surface area (Å²) in [5, 5.41) is 9.37. The van der Waals surface area contributed by atoms with Gasteiger partial charge >= 0.3 is 0 Å². The van der Waals surface area contributed by atoms with Gasteiger partial charge in [-0.05, 0) is 12.8 Å². The number of nitrogens with zero attached hydrogens (tertiary/aromatic N) is 2. The fourth-order valence-corrected chi connectivity index (χ4v) is 2.04. The highest BCUT2D eigenvalue weighted by Crippen LogP contribution is 2.11. The molecule has 2 rings (SSSR count). The van der Waals surface area contributed by atoms with Gasteiger partial charge in [0.25, 0.3) is 0 Å². The highest BCUT2D eigenvalue weighted by molar-refractivity contribution is 5.82. The first-order chi connectivity index (χ1) is 8.16. The quantitative estimate of drug-likeness (QED) is 0.646. The lowest BCUT2D eigenvalue weighted by atomic mass is 10.1. The Morgan fingerprint density at radius 2 is 2.35 bits per heavy atom. The summed E-state index contributed by atoms with van der Waals surface area (Å²) in [6.45, 7) is 1.19. The second-order valence-corrected chi connectivity index (χ2v) is 4.44. The zero-order chi connectivity index (χ0) is 12.3. The summed E-state index contributed by atoms with van der Waals surface area (Å²) in [5.74, 6) is -0.0495. The van der Waals surface area contributed by atoms with Gasteiger partial charge in [-0.25, -0.2) is 4.98 Å². The minimum atomic E-state index is -0.536. The maximum absolute atomic E-state index is 12.0. The smallest absolute Gasteiger partial charge is 0.239 e. The van der Waals surface area contributed by atoms with Crippen molar-refractivity contribution < 1.29 is 9.90 Å². The fraction of sp³-hybridized carbons (Fsp3) is 0.636. The fourth-order valence-electron chi connectivity index (χ4n) is 2.04. The molecule has 1 aliphatic rings. The molecule has 1 amide bonds. The average molecular weight is 238 g/mol. The molecule has 6 heteroatoms. The maximum atomic E-state index is 12.0. The number of likely N-dealkylation sites (tertiary alicyclic amines) is 1. The van der Waals surface area contributed by atoms with Crippen LogP contribution in [0.4, 0.5) is 0 Å². The van der Waals surface area contributed by atoms with Gasteiger partial charge in [0.15, 0.2) is 0 Å².